The smallest absolute Gasteiger partial charge is 0.328 e. The lowest BCUT2D eigenvalue weighted by atomic mass is 9.58. The summed E-state index contributed by atoms with van der Waals surface area (Å²) in [5.41, 5.74) is 8.91. The van der Waals surface area contributed by atoms with Crippen molar-refractivity contribution in [1.29, 1.82) is 0 Å². The number of fused-ring (bicyclic) bond motifs is 1. The van der Waals surface area contributed by atoms with Gasteiger partial charge in [0.25, 0.3) is 0 Å². The third-order valence-corrected chi connectivity index (χ3v) is 9.59. The van der Waals surface area contributed by atoms with Crippen LogP contribution in [-0.4, -0.2) is 49.3 Å². The summed E-state index contributed by atoms with van der Waals surface area (Å²) < 4.78 is 0. The van der Waals surface area contributed by atoms with Crippen LogP contribution in [0.1, 0.15) is 66.0 Å². The zero-order valence-electron chi connectivity index (χ0n) is 26.8. The van der Waals surface area contributed by atoms with Crippen LogP contribution < -0.4 is 5.73 Å². The average Bonchev–Trinajstić information content (AvgIpc) is 3.14. The average molecular weight is 606 g/mol. The van der Waals surface area contributed by atoms with Gasteiger partial charge in [0.1, 0.15) is 5.75 Å². The molecule has 7 nitrogen and oxygen atoms in total. The molecule has 2 aliphatic rings. The van der Waals surface area contributed by atoms with Crippen molar-refractivity contribution < 1.29 is 30.3 Å². The zero-order valence-corrected chi connectivity index (χ0v) is 26.8. The fraction of sp³-hybridized carbons (Fsp3) is 0.486. The van der Waals surface area contributed by atoms with Crippen LogP contribution in [0.2, 0.25) is 0 Å². The molecule has 0 amide bonds. The zero-order chi connectivity index (χ0) is 32.8. The molecule has 0 radical (unpaired) electrons. The molecule has 1 fully saturated rings. The summed E-state index contributed by atoms with van der Waals surface area (Å²) in [5, 5.41) is 51.0. The van der Waals surface area contributed by atoms with Gasteiger partial charge in [-0.05, 0) is 68.6 Å². The minimum absolute atomic E-state index is 0.00627. The van der Waals surface area contributed by atoms with E-state index in [9.17, 15) is 25.2 Å². The van der Waals surface area contributed by atoms with Crippen molar-refractivity contribution >= 4 is 5.97 Å². The normalized spacial score (nSPS) is 30.1. The molecule has 1 aromatic carbocycles. The van der Waals surface area contributed by atoms with Crippen molar-refractivity contribution in [2.24, 2.45) is 40.7 Å². The molecular formula is C37H51NO6. The number of aliphatic hydroxyl groups excluding tert-OH is 2. The second kappa shape index (κ2) is 14.7. The standard InChI is InChI=1S/C37H51NO6/c1-23(14-20-32(42)43)13-19-31(41)25(3)30(40)12-10-8-7-9-11-28-24(2)21-29-34(36(4,5)22-37(29,6)44)33(28)35(38)26-15-17-27(39)18-16-26/h7-18,20-21,25,28-31,33-35,39-41,44H,19,22,38H2,1-6H3,(H,42,43)/b8-7+,11-9-,12-10-,20-14+,23-13+/t25-,28-,29+,30+,31+,33-,34-,35-,37+/m0/s1. The Labute approximate surface area is 262 Å². The molecule has 0 spiro atoms. The molecule has 0 unspecified atom stereocenters. The van der Waals surface area contributed by atoms with Gasteiger partial charge >= 0.3 is 5.97 Å². The van der Waals surface area contributed by atoms with Crippen LogP contribution in [0.4, 0.5) is 0 Å². The Hall–Kier alpha value is -3.23. The largest absolute Gasteiger partial charge is 0.508 e. The van der Waals surface area contributed by atoms with Crippen molar-refractivity contribution in [1.82, 2.24) is 0 Å². The molecule has 0 heterocycles. The number of hydrogen-bond acceptors (Lipinski definition) is 6. The summed E-state index contributed by atoms with van der Waals surface area (Å²) in [5.74, 6) is -1.03. The molecular weight excluding hydrogens is 554 g/mol. The summed E-state index contributed by atoms with van der Waals surface area (Å²) in [7, 11) is 0. The predicted octanol–water partition coefficient (Wildman–Crippen LogP) is 6.00. The summed E-state index contributed by atoms with van der Waals surface area (Å²) in [6.07, 6.45) is 17.2. The first-order chi connectivity index (χ1) is 20.5. The van der Waals surface area contributed by atoms with Crippen molar-refractivity contribution in [3.05, 3.63) is 102 Å². The van der Waals surface area contributed by atoms with E-state index in [1.165, 1.54) is 11.6 Å². The number of carboxylic acid groups (broad SMARTS) is 1. The first kappa shape index (κ1) is 35.3. The third kappa shape index (κ3) is 8.69. The molecule has 7 N–H and O–H groups in total. The minimum Gasteiger partial charge on any atom is -0.508 e. The summed E-state index contributed by atoms with van der Waals surface area (Å²) in [6.45, 7) is 12.0. The van der Waals surface area contributed by atoms with E-state index >= 15 is 0 Å². The maximum Gasteiger partial charge on any atom is 0.328 e. The van der Waals surface area contributed by atoms with E-state index in [4.69, 9.17) is 10.8 Å². The Morgan fingerprint density at radius 2 is 1.70 bits per heavy atom. The quantitative estimate of drug-likeness (QED) is 0.0974. The van der Waals surface area contributed by atoms with Crippen LogP contribution in [0.15, 0.2) is 96.2 Å². The van der Waals surface area contributed by atoms with E-state index in [0.29, 0.717) is 12.8 Å². The maximum absolute atomic E-state index is 11.4. The fourth-order valence-corrected chi connectivity index (χ4v) is 7.33. The Balaban J connectivity index is 1.74. The predicted molar refractivity (Wildman–Crippen MR) is 176 cm³/mol. The van der Waals surface area contributed by atoms with Crippen molar-refractivity contribution in [2.45, 2.75) is 78.2 Å². The topological polar surface area (TPSA) is 144 Å². The van der Waals surface area contributed by atoms with Gasteiger partial charge in [-0.3, -0.25) is 0 Å². The Morgan fingerprint density at radius 3 is 2.34 bits per heavy atom. The van der Waals surface area contributed by atoms with Gasteiger partial charge in [-0.25, -0.2) is 4.79 Å². The van der Waals surface area contributed by atoms with Gasteiger partial charge in [0, 0.05) is 29.9 Å². The fourth-order valence-electron chi connectivity index (χ4n) is 7.33. The van der Waals surface area contributed by atoms with Gasteiger partial charge in [0.05, 0.1) is 17.8 Å². The number of hydrogen-bond donors (Lipinski definition) is 6. The molecule has 2 aliphatic carbocycles. The lowest BCUT2D eigenvalue weighted by molar-refractivity contribution is -0.131. The number of rotatable bonds is 12. The molecule has 0 aromatic heterocycles. The van der Waals surface area contributed by atoms with E-state index in [0.717, 1.165) is 17.2 Å². The van der Waals surface area contributed by atoms with Crippen LogP contribution in [0, 0.1) is 35.0 Å². The first-order valence-corrected chi connectivity index (χ1v) is 15.5. The monoisotopic (exact) mass is 605 g/mol. The SMILES string of the molecule is CC1=C[C@@H]2[C@@H]([C@@H]([C@@H](N)c3ccc(O)cc3)[C@H]1\C=C/C=C/C=C\[C@@H](O)[C@H](C)[C@H](O)C/C=C(C)/C=C/C(=O)O)C(C)(C)C[C@@]2(C)O. The summed E-state index contributed by atoms with van der Waals surface area (Å²) in [4.78, 5) is 10.7. The van der Waals surface area contributed by atoms with Crippen LogP contribution in [-0.2, 0) is 4.79 Å². The van der Waals surface area contributed by atoms with Crippen molar-refractivity contribution in [3.63, 3.8) is 0 Å². The second-order valence-corrected chi connectivity index (χ2v) is 13.6. The highest BCUT2D eigenvalue weighted by Gasteiger charge is 2.59. The van der Waals surface area contributed by atoms with Gasteiger partial charge in [-0.2, -0.15) is 0 Å². The highest BCUT2D eigenvalue weighted by molar-refractivity contribution is 5.80. The van der Waals surface area contributed by atoms with Crippen LogP contribution in [0.25, 0.3) is 0 Å². The van der Waals surface area contributed by atoms with Gasteiger partial charge in [-0.1, -0.05) is 98.7 Å². The number of carboxylic acids is 1. The second-order valence-electron chi connectivity index (χ2n) is 13.6. The summed E-state index contributed by atoms with van der Waals surface area (Å²) >= 11 is 0. The molecule has 0 bridgehead atoms. The maximum atomic E-state index is 11.4. The van der Waals surface area contributed by atoms with E-state index in [1.54, 1.807) is 44.2 Å². The van der Waals surface area contributed by atoms with Gasteiger partial charge < -0.3 is 31.3 Å². The van der Waals surface area contributed by atoms with E-state index in [2.05, 4.69) is 32.9 Å². The van der Waals surface area contributed by atoms with Crippen molar-refractivity contribution in [3.8, 4) is 5.75 Å². The van der Waals surface area contributed by atoms with E-state index < -0.39 is 29.7 Å². The molecule has 1 aromatic rings. The molecule has 44 heavy (non-hydrogen) atoms. The van der Waals surface area contributed by atoms with Crippen LogP contribution in [0.5, 0.6) is 5.75 Å². The lowest BCUT2D eigenvalue weighted by Crippen LogP contribution is -2.45. The number of carbonyl (C=O) groups is 1. The number of allylic oxidation sites excluding steroid dienone is 8. The van der Waals surface area contributed by atoms with Gasteiger partial charge in [0.2, 0.25) is 0 Å². The van der Waals surface area contributed by atoms with Crippen LogP contribution >= 0.6 is 0 Å². The number of phenolic OH excluding ortho intramolecular Hbond substituents is 1. The first-order valence-electron chi connectivity index (χ1n) is 15.5. The highest BCUT2D eigenvalue weighted by Crippen LogP contribution is 2.61. The number of aliphatic carboxylic acids is 1. The van der Waals surface area contributed by atoms with E-state index in [-0.39, 0.29) is 40.9 Å². The molecule has 9 atom stereocenters. The minimum atomic E-state index is -1.03. The molecule has 1 saturated carbocycles. The molecule has 0 aliphatic heterocycles. The molecule has 7 heteroatoms. The Kier molecular flexibility index (Phi) is 11.8. The van der Waals surface area contributed by atoms with E-state index in [1.807, 2.05) is 37.3 Å². The number of aliphatic hydroxyl groups is 3. The summed E-state index contributed by atoms with van der Waals surface area (Å²) in [6, 6.07) is 6.80. The Bertz CT molecular complexity index is 1320. The highest BCUT2D eigenvalue weighted by atomic mass is 16.4. The molecule has 240 valence electrons. The Morgan fingerprint density at radius 1 is 1.07 bits per heavy atom. The van der Waals surface area contributed by atoms with Gasteiger partial charge in [0.15, 0.2) is 0 Å². The van der Waals surface area contributed by atoms with Gasteiger partial charge in [-0.15, -0.1) is 0 Å². The van der Waals surface area contributed by atoms with Crippen molar-refractivity contribution in [2.75, 3.05) is 0 Å². The number of aromatic hydroxyl groups is 1. The third-order valence-electron chi connectivity index (χ3n) is 9.59. The van der Waals surface area contributed by atoms with Crippen LogP contribution in [0.3, 0.4) is 0 Å². The molecule has 3 rings (SSSR count). The molecule has 0 saturated heterocycles. The number of phenols is 1. The number of benzene rings is 1. The lowest BCUT2D eigenvalue weighted by Gasteiger charge is -2.47. The number of nitrogens with two attached hydrogens (primary N) is 1.